The van der Waals surface area contributed by atoms with Gasteiger partial charge >= 0.3 is 6.18 Å². The van der Waals surface area contributed by atoms with Crippen LogP contribution in [0.1, 0.15) is 22.3 Å². The van der Waals surface area contributed by atoms with Crippen LogP contribution in [0.15, 0.2) is 22.7 Å². The normalized spacial score (nSPS) is 19.8. The number of hydrogen-bond donors (Lipinski definition) is 1. The van der Waals surface area contributed by atoms with Crippen molar-refractivity contribution in [1.29, 1.82) is 0 Å². The zero-order chi connectivity index (χ0) is 15.6. The Kier molecular flexibility index (Phi) is 4.93. The van der Waals surface area contributed by atoms with Crippen LogP contribution >= 0.6 is 15.9 Å². The van der Waals surface area contributed by atoms with Crippen molar-refractivity contribution in [2.45, 2.75) is 12.6 Å². The molecule has 0 saturated carbocycles. The highest BCUT2D eigenvalue weighted by Crippen LogP contribution is 2.33. The summed E-state index contributed by atoms with van der Waals surface area (Å²) < 4.78 is 39.2. The first-order chi connectivity index (χ1) is 9.77. The molecule has 21 heavy (non-hydrogen) atoms. The summed E-state index contributed by atoms with van der Waals surface area (Å²) in [7, 11) is 1.98. The third-order valence-electron chi connectivity index (χ3n) is 3.57. The molecule has 0 aliphatic carbocycles. The van der Waals surface area contributed by atoms with Gasteiger partial charge in [0.25, 0.3) is 5.91 Å². The molecule has 0 radical (unpaired) electrons. The monoisotopic (exact) mass is 364 g/mol. The molecular weight excluding hydrogens is 349 g/mol. The van der Waals surface area contributed by atoms with Crippen LogP contribution in [0.2, 0.25) is 0 Å². The Labute approximate surface area is 129 Å². The van der Waals surface area contributed by atoms with Crippen LogP contribution in [0.25, 0.3) is 0 Å². The van der Waals surface area contributed by atoms with Crippen molar-refractivity contribution in [2.75, 3.05) is 26.7 Å². The molecule has 2 rings (SSSR count). The van der Waals surface area contributed by atoms with E-state index in [9.17, 15) is 18.0 Å². The zero-order valence-electron chi connectivity index (χ0n) is 11.5. The van der Waals surface area contributed by atoms with E-state index >= 15 is 0 Å². The molecule has 7 heteroatoms. The second kappa shape index (κ2) is 6.36. The molecule has 1 N–H and O–H groups in total. The van der Waals surface area contributed by atoms with E-state index in [-0.39, 0.29) is 5.56 Å². The summed E-state index contributed by atoms with van der Waals surface area (Å²) in [5.41, 5.74) is -1.25. The topological polar surface area (TPSA) is 32.3 Å². The number of alkyl halides is 3. The van der Waals surface area contributed by atoms with Crippen molar-refractivity contribution in [3.63, 3.8) is 0 Å². The minimum absolute atomic E-state index is 0.295. The molecule has 1 aliphatic rings. The van der Waals surface area contributed by atoms with Gasteiger partial charge in [0, 0.05) is 17.6 Å². The number of nitrogens with one attached hydrogen (secondary N) is 1. The molecule has 0 bridgehead atoms. The summed E-state index contributed by atoms with van der Waals surface area (Å²) in [4.78, 5) is 14.2. The Bertz CT molecular complexity index is 533. The van der Waals surface area contributed by atoms with Gasteiger partial charge in [-0.25, -0.2) is 0 Å². The van der Waals surface area contributed by atoms with E-state index in [4.69, 9.17) is 0 Å². The molecule has 0 spiro atoms. The van der Waals surface area contributed by atoms with Gasteiger partial charge in [-0.3, -0.25) is 4.79 Å². The number of amides is 1. The van der Waals surface area contributed by atoms with Crippen LogP contribution in [0, 0.1) is 5.92 Å². The van der Waals surface area contributed by atoms with Crippen molar-refractivity contribution in [3.8, 4) is 0 Å². The molecule has 1 aromatic rings. The van der Waals surface area contributed by atoms with Crippen molar-refractivity contribution in [3.05, 3.63) is 33.8 Å². The van der Waals surface area contributed by atoms with Crippen molar-refractivity contribution < 1.29 is 18.0 Å². The maximum absolute atomic E-state index is 13.0. The van der Waals surface area contributed by atoms with Gasteiger partial charge in [0.15, 0.2) is 0 Å². The van der Waals surface area contributed by atoms with E-state index in [1.165, 1.54) is 12.1 Å². The Hall–Kier alpha value is -1.08. The molecule has 1 amide bonds. The smallest absolute Gasteiger partial charge is 0.352 e. The first-order valence-corrected chi connectivity index (χ1v) is 7.40. The minimum Gasteiger partial charge on any atom is -0.352 e. The summed E-state index contributed by atoms with van der Waals surface area (Å²) in [5, 5.41) is 2.61. The van der Waals surface area contributed by atoms with Crippen molar-refractivity contribution in [2.24, 2.45) is 5.92 Å². The summed E-state index contributed by atoms with van der Waals surface area (Å²) in [6.45, 7) is 2.20. The number of hydrogen-bond acceptors (Lipinski definition) is 2. The molecule has 1 atom stereocenters. The minimum atomic E-state index is -4.55. The second-order valence-corrected chi connectivity index (χ2v) is 6.23. The molecule has 116 valence electrons. The standard InChI is InChI=1S/C14H16BrF3N2O/c1-20-5-4-9(8-20)7-19-13(21)11-3-2-10(15)6-12(11)14(16,17)18/h2-3,6,9H,4-5,7-8H2,1H3,(H,19,21). The summed E-state index contributed by atoms with van der Waals surface area (Å²) in [6.07, 6.45) is -3.60. The first kappa shape index (κ1) is 16.3. The Morgan fingerprint density at radius 1 is 1.48 bits per heavy atom. The average molecular weight is 365 g/mol. The maximum atomic E-state index is 13.0. The van der Waals surface area contributed by atoms with Gasteiger partial charge in [-0.15, -0.1) is 0 Å². The number of likely N-dealkylation sites (tertiary alicyclic amines) is 1. The number of nitrogens with zero attached hydrogens (tertiary/aromatic N) is 1. The molecule has 1 saturated heterocycles. The zero-order valence-corrected chi connectivity index (χ0v) is 13.1. The number of rotatable bonds is 3. The fourth-order valence-corrected chi connectivity index (χ4v) is 2.84. The number of carbonyl (C=O) groups excluding carboxylic acids is 1. The van der Waals surface area contributed by atoms with E-state index in [0.29, 0.717) is 16.9 Å². The maximum Gasteiger partial charge on any atom is 0.417 e. The molecule has 1 unspecified atom stereocenters. The van der Waals surface area contributed by atoms with Crippen molar-refractivity contribution >= 4 is 21.8 Å². The molecule has 1 aromatic carbocycles. The van der Waals surface area contributed by atoms with Gasteiger partial charge in [-0.2, -0.15) is 13.2 Å². The number of benzene rings is 1. The molecule has 1 heterocycles. The summed E-state index contributed by atoms with van der Waals surface area (Å²) in [6, 6.07) is 3.56. The molecule has 3 nitrogen and oxygen atoms in total. The van der Waals surface area contributed by atoms with Crippen LogP contribution in [0.5, 0.6) is 0 Å². The van der Waals surface area contributed by atoms with Gasteiger partial charge in [-0.05, 0) is 44.1 Å². The third kappa shape index (κ3) is 4.20. The molecule has 1 fully saturated rings. The lowest BCUT2D eigenvalue weighted by Gasteiger charge is -2.15. The number of carbonyl (C=O) groups is 1. The second-order valence-electron chi connectivity index (χ2n) is 5.31. The molecule has 1 aliphatic heterocycles. The summed E-state index contributed by atoms with van der Waals surface area (Å²) in [5.74, 6) is -0.381. The van der Waals surface area contributed by atoms with Crippen LogP contribution in [0.3, 0.4) is 0 Å². The quantitative estimate of drug-likeness (QED) is 0.893. The first-order valence-electron chi connectivity index (χ1n) is 6.61. The Morgan fingerprint density at radius 3 is 2.76 bits per heavy atom. The molecule has 0 aromatic heterocycles. The SMILES string of the molecule is CN1CCC(CNC(=O)c2ccc(Br)cc2C(F)(F)F)C1. The highest BCUT2D eigenvalue weighted by Gasteiger charge is 2.35. The van der Waals surface area contributed by atoms with E-state index in [1.54, 1.807) is 0 Å². The lowest BCUT2D eigenvalue weighted by Crippen LogP contribution is -2.31. The Morgan fingerprint density at radius 2 is 2.19 bits per heavy atom. The number of halogens is 4. The van der Waals surface area contributed by atoms with Crippen LogP contribution in [0.4, 0.5) is 13.2 Å². The van der Waals surface area contributed by atoms with E-state index < -0.39 is 17.6 Å². The fraction of sp³-hybridized carbons (Fsp3) is 0.500. The van der Waals surface area contributed by atoms with Gasteiger partial charge < -0.3 is 10.2 Å². The van der Waals surface area contributed by atoms with E-state index in [0.717, 1.165) is 25.6 Å². The predicted octanol–water partition coefficient (Wildman–Crippen LogP) is 3.15. The highest BCUT2D eigenvalue weighted by atomic mass is 79.9. The largest absolute Gasteiger partial charge is 0.417 e. The van der Waals surface area contributed by atoms with Gasteiger partial charge in [0.2, 0.25) is 0 Å². The fourth-order valence-electron chi connectivity index (χ4n) is 2.47. The summed E-state index contributed by atoms with van der Waals surface area (Å²) >= 11 is 3.00. The third-order valence-corrected chi connectivity index (χ3v) is 4.07. The van der Waals surface area contributed by atoms with Gasteiger partial charge in [0.1, 0.15) is 0 Å². The Balaban J connectivity index is 2.08. The molecular formula is C14H16BrF3N2O. The predicted molar refractivity (Wildman–Crippen MR) is 77.1 cm³/mol. The lowest BCUT2D eigenvalue weighted by atomic mass is 10.1. The van der Waals surface area contributed by atoms with Crippen LogP contribution < -0.4 is 5.32 Å². The van der Waals surface area contributed by atoms with Crippen LogP contribution in [-0.2, 0) is 6.18 Å². The van der Waals surface area contributed by atoms with Crippen LogP contribution in [-0.4, -0.2) is 37.5 Å². The van der Waals surface area contributed by atoms with E-state index in [1.807, 2.05) is 7.05 Å². The average Bonchev–Trinajstić information content (AvgIpc) is 2.81. The van der Waals surface area contributed by atoms with Crippen molar-refractivity contribution in [1.82, 2.24) is 10.2 Å². The van der Waals surface area contributed by atoms with Gasteiger partial charge in [-0.1, -0.05) is 15.9 Å². The van der Waals surface area contributed by atoms with E-state index in [2.05, 4.69) is 26.1 Å². The lowest BCUT2D eigenvalue weighted by molar-refractivity contribution is -0.138. The highest BCUT2D eigenvalue weighted by molar-refractivity contribution is 9.10. The van der Waals surface area contributed by atoms with Gasteiger partial charge in [0.05, 0.1) is 11.1 Å².